The number of ether oxygens (including phenoxy) is 1. The van der Waals surface area contributed by atoms with E-state index in [0.717, 1.165) is 40.8 Å². The van der Waals surface area contributed by atoms with Crippen LogP contribution in [0.5, 0.6) is 5.75 Å². The number of carboxylic acid groups (broad SMARTS) is 1. The predicted molar refractivity (Wildman–Crippen MR) is 151 cm³/mol. The van der Waals surface area contributed by atoms with Gasteiger partial charge in [0.05, 0.1) is 0 Å². The molecule has 200 valence electrons. The molecule has 1 aliphatic heterocycles. The molecule has 0 unspecified atom stereocenters. The summed E-state index contributed by atoms with van der Waals surface area (Å²) in [6, 6.07) is 23.0. The van der Waals surface area contributed by atoms with Gasteiger partial charge in [-0.25, -0.2) is 0 Å². The fraction of sp³-hybridized carbons (Fsp3) is 0.394. The topological polar surface area (TPSA) is 66.8 Å². The van der Waals surface area contributed by atoms with Gasteiger partial charge in [0.25, 0.3) is 0 Å². The number of rotatable bonds is 11. The Morgan fingerprint density at radius 3 is 2.39 bits per heavy atom. The van der Waals surface area contributed by atoms with Gasteiger partial charge in [-0.2, -0.15) is 0 Å². The van der Waals surface area contributed by atoms with Crippen LogP contribution in [0.3, 0.4) is 0 Å². The minimum absolute atomic E-state index is 0.132. The summed E-state index contributed by atoms with van der Waals surface area (Å²) in [6.45, 7) is 8.71. The van der Waals surface area contributed by atoms with Gasteiger partial charge in [-0.15, -0.1) is 0 Å². The zero-order valence-electron chi connectivity index (χ0n) is 23.0. The maximum Gasteiger partial charge on any atom is 0.323 e. The van der Waals surface area contributed by atoms with Crippen LogP contribution in [0.2, 0.25) is 0 Å². The molecule has 5 heteroatoms. The Labute approximate surface area is 226 Å². The highest BCUT2D eigenvalue weighted by Gasteiger charge is 2.35. The number of hydrogen-bond donors (Lipinski definition) is 1. The van der Waals surface area contributed by atoms with Crippen molar-refractivity contribution >= 4 is 11.9 Å². The van der Waals surface area contributed by atoms with Crippen LogP contribution in [-0.2, 0) is 35.3 Å². The molecule has 5 nitrogen and oxygen atoms in total. The molecule has 0 saturated heterocycles. The summed E-state index contributed by atoms with van der Waals surface area (Å²) < 4.78 is 6.38. The second-order valence-electron chi connectivity index (χ2n) is 11.1. The molecule has 3 aromatic carbocycles. The summed E-state index contributed by atoms with van der Waals surface area (Å²) in [5, 5.41) is 9.36. The van der Waals surface area contributed by atoms with Crippen molar-refractivity contribution in [3.05, 3.63) is 100 Å². The maximum absolute atomic E-state index is 13.0. The highest BCUT2D eigenvalue weighted by atomic mass is 16.5. The monoisotopic (exact) mass is 513 g/mol. The summed E-state index contributed by atoms with van der Waals surface area (Å²) >= 11 is 0. The molecule has 1 atom stereocenters. The summed E-state index contributed by atoms with van der Waals surface area (Å²) in [7, 11) is 0. The molecule has 1 aliphatic rings. The van der Waals surface area contributed by atoms with Crippen molar-refractivity contribution in [2.24, 2.45) is 0 Å². The van der Waals surface area contributed by atoms with Crippen molar-refractivity contribution in [1.29, 1.82) is 0 Å². The van der Waals surface area contributed by atoms with Crippen molar-refractivity contribution in [2.45, 2.75) is 71.3 Å². The van der Waals surface area contributed by atoms with Gasteiger partial charge in [-0.1, -0.05) is 74.5 Å². The number of nitrogens with zero attached hydrogens (tertiary/aromatic N) is 1. The number of aliphatic carboxylic acids is 1. The second-order valence-corrected chi connectivity index (χ2v) is 11.1. The molecule has 0 radical (unpaired) electrons. The van der Waals surface area contributed by atoms with E-state index in [9.17, 15) is 14.7 Å². The Kier molecular flexibility index (Phi) is 8.55. The number of fused-ring (bicyclic) bond motifs is 1. The number of amides is 1. The Hall–Kier alpha value is -3.60. The van der Waals surface area contributed by atoms with Gasteiger partial charge in [-0.3, -0.25) is 9.59 Å². The standard InChI is InChI=1S/C33H39NO4/c1-23(2)27-13-9-26(10-14-27)20-33(4)21-29-19-25(11-15-30(29)38-33)12-16-31(35)34(22-32(36)37)18-17-28-8-6-5-7-24(28)3/h5-11,13-15,19,23H,12,16-18,20-22H2,1-4H3,(H,36,37)/t33-/m0/s1. The summed E-state index contributed by atoms with van der Waals surface area (Å²) in [4.78, 5) is 25.9. The average Bonchev–Trinajstić information content (AvgIpc) is 3.20. The highest BCUT2D eigenvalue weighted by molar-refractivity contribution is 5.81. The van der Waals surface area contributed by atoms with Crippen LogP contribution in [0.1, 0.15) is 66.5 Å². The molecule has 38 heavy (non-hydrogen) atoms. The van der Waals surface area contributed by atoms with E-state index in [2.05, 4.69) is 51.1 Å². The van der Waals surface area contributed by atoms with Crippen LogP contribution in [-0.4, -0.2) is 40.6 Å². The molecule has 1 amide bonds. The first-order valence-electron chi connectivity index (χ1n) is 13.6. The van der Waals surface area contributed by atoms with E-state index in [4.69, 9.17) is 4.74 Å². The first-order valence-corrected chi connectivity index (χ1v) is 13.6. The molecular weight excluding hydrogens is 474 g/mol. The first kappa shape index (κ1) is 27.4. The number of carbonyl (C=O) groups excluding carboxylic acids is 1. The Morgan fingerprint density at radius 1 is 1.00 bits per heavy atom. The molecule has 0 bridgehead atoms. The molecule has 1 heterocycles. The van der Waals surface area contributed by atoms with Crippen molar-refractivity contribution in [3.8, 4) is 5.75 Å². The van der Waals surface area contributed by atoms with Crippen LogP contribution < -0.4 is 4.74 Å². The Bertz CT molecular complexity index is 1280. The minimum Gasteiger partial charge on any atom is -0.487 e. The van der Waals surface area contributed by atoms with E-state index in [1.54, 1.807) is 0 Å². The van der Waals surface area contributed by atoms with Crippen molar-refractivity contribution in [2.75, 3.05) is 13.1 Å². The summed E-state index contributed by atoms with van der Waals surface area (Å²) in [5.41, 5.74) is 6.82. The third-order valence-corrected chi connectivity index (χ3v) is 7.49. The van der Waals surface area contributed by atoms with Gasteiger partial charge >= 0.3 is 5.97 Å². The van der Waals surface area contributed by atoms with Gasteiger partial charge in [0, 0.05) is 25.8 Å². The van der Waals surface area contributed by atoms with Gasteiger partial charge in [-0.05, 0) is 72.1 Å². The molecule has 3 aromatic rings. The van der Waals surface area contributed by atoms with Gasteiger partial charge in [0.15, 0.2) is 0 Å². The van der Waals surface area contributed by atoms with Gasteiger partial charge < -0.3 is 14.7 Å². The van der Waals surface area contributed by atoms with E-state index in [0.29, 0.717) is 25.3 Å². The Morgan fingerprint density at radius 2 is 1.71 bits per heavy atom. The van der Waals surface area contributed by atoms with E-state index in [1.165, 1.54) is 16.0 Å². The molecule has 0 spiro atoms. The Balaban J connectivity index is 1.35. The largest absolute Gasteiger partial charge is 0.487 e. The fourth-order valence-electron chi connectivity index (χ4n) is 5.29. The number of aryl methyl sites for hydroxylation is 2. The molecular formula is C33H39NO4. The summed E-state index contributed by atoms with van der Waals surface area (Å²) in [6.07, 6.45) is 3.14. The molecule has 1 N–H and O–H groups in total. The van der Waals surface area contributed by atoms with Crippen LogP contribution >= 0.6 is 0 Å². The number of benzene rings is 3. The van der Waals surface area contributed by atoms with Crippen molar-refractivity contribution in [1.82, 2.24) is 4.90 Å². The van der Waals surface area contributed by atoms with Gasteiger partial charge in [0.1, 0.15) is 17.9 Å². The molecule has 4 rings (SSSR count). The summed E-state index contributed by atoms with van der Waals surface area (Å²) in [5.74, 6) is 0.302. The lowest BCUT2D eigenvalue weighted by Crippen LogP contribution is -2.37. The zero-order chi connectivity index (χ0) is 27.3. The average molecular weight is 514 g/mol. The van der Waals surface area contributed by atoms with E-state index < -0.39 is 5.97 Å². The smallest absolute Gasteiger partial charge is 0.323 e. The van der Waals surface area contributed by atoms with E-state index in [1.807, 2.05) is 43.3 Å². The van der Waals surface area contributed by atoms with E-state index in [-0.39, 0.29) is 24.5 Å². The highest BCUT2D eigenvalue weighted by Crippen LogP contribution is 2.37. The molecule has 0 fully saturated rings. The third kappa shape index (κ3) is 7.03. The number of hydrogen-bond acceptors (Lipinski definition) is 3. The quantitative estimate of drug-likeness (QED) is 0.334. The lowest BCUT2D eigenvalue weighted by atomic mass is 9.90. The number of carboxylic acids is 1. The van der Waals surface area contributed by atoms with Crippen LogP contribution in [0.15, 0.2) is 66.7 Å². The SMILES string of the molecule is Cc1ccccc1CCN(CC(=O)O)C(=O)CCc1ccc2c(c1)C[C@](C)(Cc1ccc(C(C)C)cc1)O2. The van der Waals surface area contributed by atoms with E-state index >= 15 is 0 Å². The lowest BCUT2D eigenvalue weighted by Gasteiger charge is -2.24. The third-order valence-electron chi connectivity index (χ3n) is 7.49. The first-order chi connectivity index (χ1) is 18.1. The predicted octanol–water partition coefficient (Wildman–Crippen LogP) is 6.14. The molecule has 0 saturated carbocycles. The second kappa shape index (κ2) is 11.8. The number of carbonyl (C=O) groups is 2. The van der Waals surface area contributed by atoms with Crippen LogP contribution in [0, 0.1) is 6.92 Å². The normalized spacial score (nSPS) is 16.2. The van der Waals surface area contributed by atoms with Crippen LogP contribution in [0.4, 0.5) is 0 Å². The van der Waals surface area contributed by atoms with Crippen molar-refractivity contribution in [3.63, 3.8) is 0 Å². The molecule has 0 aliphatic carbocycles. The van der Waals surface area contributed by atoms with Gasteiger partial charge in [0.2, 0.25) is 5.91 Å². The minimum atomic E-state index is -0.990. The van der Waals surface area contributed by atoms with Crippen molar-refractivity contribution < 1.29 is 19.4 Å². The van der Waals surface area contributed by atoms with Crippen LogP contribution in [0.25, 0.3) is 0 Å². The fourth-order valence-corrected chi connectivity index (χ4v) is 5.29. The zero-order valence-corrected chi connectivity index (χ0v) is 23.0. The molecule has 0 aromatic heterocycles. The lowest BCUT2D eigenvalue weighted by molar-refractivity contribution is -0.144. The maximum atomic E-state index is 13.0.